The molecular formula is C14H17ClN2S. The maximum absolute atomic E-state index is 6.34. The molecule has 0 radical (unpaired) electrons. The van der Waals surface area contributed by atoms with Gasteiger partial charge in [-0.3, -0.25) is 5.84 Å². The van der Waals surface area contributed by atoms with E-state index in [9.17, 15) is 0 Å². The van der Waals surface area contributed by atoms with Gasteiger partial charge < -0.3 is 0 Å². The van der Waals surface area contributed by atoms with Gasteiger partial charge in [-0.2, -0.15) is 0 Å². The molecule has 1 unspecified atom stereocenters. The third-order valence-corrected chi connectivity index (χ3v) is 4.88. The summed E-state index contributed by atoms with van der Waals surface area (Å²) in [6, 6.07) is 6.33. The topological polar surface area (TPSA) is 38.0 Å². The van der Waals surface area contributed by atoms with Crippen LogP contribution in [0.5, 0.6) is 0 Å². The highest BCUT2D eigenvalue weighted by atomic mass is 35.5. The van der Waals surface area contributed by atoms with Crippen LogP contribution in [-0.4, -0.2) is 0 Å². The van der Waals surface area contributed by atoms with Crippen LogP contribution in [0, 0.1) is 20.8 Å². The molecule has 0 aliphatic rings. The van der Waals surface area contributed by atoms with Gasteiger partial charge >= 0.3 is 0 Å². The standard InChI is InChI=1S/C14H17ClN2S/c1-8-4-5-9(2)11(6-8)13(17-16)14-12(15)10(3)7-18-14/h4-7,13,17H,16H2,1-3H3. The molecule has 2 rings (SSSR count). The van der Waals surface area contributed by atoms with E-state index in [1.807, 2.05) is 6.92 Å². The quantitative estimate of drug-likeness (QED) is 0.661. The third kappa shape index (κ3) is 2.45. The maximum atomic E-state index is 6.34. The van der Waals surface area contributed by atoms with Crippen molar-refractivity contribution in [2.24, 2.45) is 5.84 Å². The number of hydrogen-bond acceptors (Lipinski definition) is 3. The molecule has 0 aliphatic heterocycles. The van der Waals surface area contributed by atoms with Gasteiger partial charge in [0.1, 0.15) is 0 Å². The van der Waals surface area contributed by atoms with Crippen LogP contribution < -0.4 is 11.3 Å². The summed E-state index contributed by atoms with van der Waals surface area (Å²) in [7, 11) is 0. The lowest BCUT2D eigenvalue weighted by Gasteiger charge is -2.18. The molecule has 2 nitrogen and oxygen atoms in total. The second-order valence-electron chi connectivity index (χ2n) is 4.56. The first-order chi connectivity index (χ1) is 8.54. The van der Waals surface area contributed by atoms with Gasteiger partial charge in [-0.05, 0) is 42.8 Å². The van der Waals surface area contributed by atoms with Crippen LogP contribution in [0.4, 0.5) is 0 Å². The number of hydrogen-bond donors (Lipinski definition) is 2. The minimum absolute atomic E-state index is 0.0453. The Balaban J connectivity index is 2.51. The number of aryl methyl sites for hydroxylation is 3. The molecule has 0 bridgehead atoms. The minimum atomic E-state index is -0.0453. The fourth-order valence-corrected chi connectivity index (χ4v) is 3.40. The monoisotopic (exact) mass is 280 g/mol. The van der Waals surface area contributed by atoms with Crippen molar-refractivity contribution < 1.29 is 0 Å². The van der Waals surface area contributed by atoms with Crippen molar-refractivity contribution in [3.05, 3.63) is 55.7 Å². The van der Waals surface area contributed by atoms with Crippen LogP contribution in [-0.2, 0) is 0 Å². The minimum Gasteiger partial charge on any atom is -0.271 e. The van der Waals surface area contributed by atoms with Crippen LogP contribution >= 0.6 is 22.9 Å². The molecule has 1 heterocycles. The maximum Gasteiger partial charge on any atom is 0.0820 e. The fraction of sp³-hybridized carbons (Fsp3) is 0.286. The van der Waals surface area contributed by atoms with E-state index in [0.29, 0.717) is 0 Å². The van der Waals surface area contributed by atoms with Gasteiger partial charge in [0.05, 0.1) is 11.1 Å². The predicted octanol–water partition coefficient (Wildman–Crippen LogP) is 3.88. The summed E-state index contributed by atoms with van der Waals surface area (Å²) in [5.74, 6) is 5.73. The van der Waals surface area contributed by atoms with E-state index in [2.05, 4.69) is 42.9 Å². The average molecular weight is 281 g/mol. The fourth-order valence-electron chi connectivity index (χ4n) is 2.02. The normalized spacial score (nSPS) is 12.7. The van der Waals surface area contributed by atoms with Crippen molar-refractivity contribution in [2.45, 2.75) is 26.8 Å². The van der Waals surface area contributed by atoms with Crippen molar-refractivity contribution in [3.63, 3.8) is 0 Å². The van der Waals surface area contributed by atoms with Crippen LogP contribution in [0.15, 0.2) is 23.6 Å². The number of benzene rings is 1. The Hall–Kier alpha value is -0.870. The van der Waals surface area contributed by atoms with Crippen molar-refractivity contribution >= 4 is 22.9 Å². The Kier molecular flexibility index (Phi) is 4.07. The van der Waals surface area contributed by atoms with Gasteiger partial charge in [-0.15, -0.1) is 11.3 Å². The summed E-state index contributed by atoms with van der Waals surface area (Å²) >= 11 is 7.98. The van der Waals surface area contributed by atoms with E-state index in [4.69, 9.17) is 17.4 Å². The van der Waals surface area contributed by atoms with Crippen molar-refractivity contribution in [1.82, 2.24) is 5.43 Å². The molecule has 0 spiro atoms. The lowest BCUT2D eigenvalue weighted by Crippen LogP contribution is -2.29. The summed E-state index contributed by atoms with van der Waals surface area (Å²) in [4.78, 5) is 1.07. The zero-order chi connectivity index (χ0) is 13.3. The molecule has 3 N–H and O–H groups in total. The lowest BCUT2D eigenvalue weighted by molar-refractivity contribution is 0.643. The number of nitrogens with two attached hydrogens (primary N) is 1. The summed E-state index contributed by atoms with van der Waals surface area (Å²) in [6.07, 6.45) is 0. The zero-order valence-electron chi connectivity index (χ0n) is 10.8. The molecule has 2 aromatic rings. The van der Waals surface area contributed by atoms with Gasteiger partial charge in [0, 0.05) is 4.88 Å². The Morgan fingerprint density at radius 1 is 1.22 bits per heavy atom. The van der Waals surface area contributed by atoms with E-state index >= 15 is 0 Å². The first-order valence-corrected chi connectivity index (χ1v) is 7.07. The Bertz CT molecular complexity index is 563. The number of rotatable bonds is 3. The van der Waals surface area contributed by atoms with Gasteiger partial charge in [-0.1, -0.05) is 35.4 Å². The number of nitrogens with one attached hydrogen (secondary N) is 1. The Morgan fingerprint density at radius 3 is 2.50 bits per heavy atom. The number of halogens is 1. The van der Waals surface area contributed by atoms with Gasteiger partial charge in [-0.25, -0.2) is 5.43 Å². The summed E-state index contributed by atoms with van der Waals surface area (Å²) in [6.45, 7) is 6.18. The zero-order valence-corrected chi connectivity index (χ0v) is 12.3. The molecule has 0 amide bonds. The van der Waals surface area contributed by atoms with Crippen molar-refractivity contribution in [1.29, 1.82) is 0 Å². The Morgan fingerprint density at radius 2 is 1.94 bits per heavy atom. The highest BCUT2D eigenvalue weighted by Gasteiger charge is 2.20. The second kappa shape index (κ2) is 5.41. The molecule has 4 heteroatoms. The highest BCUT2D eigenvalue weighted by Crippen LogP contribution is 2.36. The van der Waals surface area contributed by atoms with E-state index in [1.165, 1.54) is 16.7 Å². The average Bonchev–Trinajstić information content (AvgIpc) is 2.67. The summed E-state index contributed by atoms with van der Waals surface area (Å²) < 4.78 is 0. The largest absolute Gasteiger partial charge is 0.271 e. The predicted molar refractivity (Wildman–Crippen MR) is 79.1 cm³/mol. The molecule has 0 saturated heterocycles. The number of hydrazine groups is 1. The molecule has 0 aliphatic carbocycles. The highest BCUT2D eigenvalue weighted by molar-refractivity contribution is 7.10. The SMILES string of the molecule is Cc1ccc(C)c(C(NN)c2scc(C)c2Cl)c1. The molecule has 1 atom stereocenters. The third-order valence-electron chi connectivity index (χ3n) is 3.10. The molecular weight excluding hydrogens is 264 g/mol. The van der Waals surface area contributed by atoms with Crippen LogP contribution in [0.3, 0.4) is 0 Å². The Labute approximate surface area is 117 Å². The smallest absolute Gasteiger partial charge is 0.0820 e. The van der Waals surface area contributed by atoms with E-state index in [0.717, 1.165) is 15.5 Å². The molecule has 0 fully saturated rings. The molecule has 1 aromatic carbocycles. The van der Waals surface area contributed by atoms with Crippen molar-refractivity contribution in [3.8, 4) is 0 Å². The summed E-state index contributed by atoms with van der Waals surface area (Å²) in [5, 5.41) is 2.87. The van der Waals surface area contributed by atoms with Crippen LogP contribution in [0.2, 0.25) is 5.02 Å². The van der Waals surface area contributed by atoms with E-state index < -0.39 is 0 Å². The van der Waals surface area contributed by atoms with Crippen LogP contribution in [0.25, 0.3) is 0 Å². The number of thiophene rings is 1. The van der Waals surface area contributed by atoms with Crippen LogP contribution in [0.1, 0.15) is 33.2 Å². The van der Waals surface area contributed by atoms with E-state index in [-0.39, 0.29) is 6.04 Å². The van der Waals surface area contributed by atoms with E-state index in [1.54, 1.807) is 11.3 Å². The first kappa shape index (κ1) is 13.6. The molecule has 1 aromatic heterocycles. The van der Waals surface area contributed by atoms with Gasteiger partial charge in [0.25, 0.3) is 0 Å². The van der Waals surface area contributed by atoms with Gasteiger partial charge in [0.15, 0.2) is 0 Å². The summed E-state index contributed by atoms with van der Waals surface area (Å²) in [5.41, 5.74) is 7.60. The molecule has 0 saturated carbocycles. The molecule has 18 heavy (non-hydrogen) atoms. The lowest BCUT2D eigenvalue weighted by atomic mass is 9.98. The molecule has 96 valence electrons. The van der Waals surface area contributed by atoms with Crippen molar-refractivity contribution in [2.75, 3.05) is 0 Å². The first-order valence-electron chi connectivity index (χ1n) is 5.81. The van der Waals surface area contributed by atoms with Gasteiger partial charge in [0.2, 0.25) is 0 Å². The second-order valence-corrected chi connectivity index (χ2v) is 5.85.